The maximum atomic E-state index is 12.6. The lowest BCUT2D eigenvalue weighted by atomic mass is 9.98. The number of carbonyl (C=O) groups is 1. The molecule has 0 aromatic carbocycles. The molecule has 6 nitrogen and oxygen atoms in total. The van der Waals surface area contributed by atoms with E-state index in [-0.39, 0.29) is 18.4 Å². The summed E-state index contributed by atoms with van der Waals surface area (Å²) in [5.41, 5.74) is 0.580. The van der Waals surface area contributed by atoms with E-state index in [2.05, 4.69) is 9.97 Å². The number of aromatic amines is 1. The summed E-state index contributed by atoms with van der Waals surface area (Å²) in [7, 11) is 0. The number of nitrogens with zero attached hydrogens (tertiary/aromatic N) is 2. The number of likely N-dealkylation sites (tertiary alicyclic amines) is 1. The van der Waals surface area contributed by atoms with Crippen LogP contribution in [0.1, 0.15) is 28.9 Å². The number of carbonyl (C=O) groups excluding carboxylic acids is 1. The maximum absolute atomic E-state index is 12.6. The van der Waals surface area contributed by atoms with Crippen molar-refractivity contribution in [3.05, 3.63) is 21.7 Å². The molecule has 2 rings (SSSR count). The first kappa shape index (κ1) is 15.1. The predicted molar refractivity (Wildman–Crippen MR) is 77.1 cm³/mol. The van der Waals surface area contributed by atoms with Crippen molar-refractivity contribution in [2.75, 3.05) is 26.0 Å². The molecule has 2 heterocycles. The second-order valence-electron chi connectivity index (χ2n) is 4.99. The third kappa shape index (κ3) is 3.04. The van der Waals surface area contributed by atoms with Gasteiger partial charge in [-0.1, -0.05) is 0 Å². The molecule has 0 saturated carbocycles. The Morgan fingerprint density at radius 2 is 2.35 bits per heavy atom. The van der Waals surface area contributed by atoms with Crippen LogP contribution in [0.5, 0.6) is 0 Å². The number of piperidine rings is 1. The van der Waals surface area contributed by atoms with Crippen LogP contribution in [0.15, 0.2) is 9.82 Å². The third-order valence-corrected chi connectivity index (χ3v) is 4.24. The van der Waals surface area contributed by atoms with Gasteiger partial charge in [0.15, 0.2) is 0 Å². The second-order valence-corrected chi connectivity index (χ2v) is 5.79. The molecule has 0 spiro atoms. The number of hydrogen-bond donors (Lipinski definition) is 2. The molecule has 110 valence electrons. The Kier molecular flexibility index (Phi) is 4.82. The van der Waals surface area contributed by atoms with Gasteiger partial charge in [-0.25, -0.2) is 4.79 Å². The lowest BCUT2D eigenvalue weighted by molar-refractivity contribution is 0.0615. The molecule has 1 aromatic rings. The molecule has 1 unspecified atom stereocenters. The second kappa shape index (κ2) is 6.41. The zero-order chi connectivity index (χ0) is 14.7. The lowest BCUT2D eigenvalue weighted by Gasteiger charge is -2.32. The standard InChI is InChI=1S/C13H19N3O3S/c1-8-10(11(20-2)15-13(19)14-8)12(18)16-5-3-4-9(6-16)7-17/h9,17H,3-7H2,1-2H3,(H,14,15,19). The highest BCUT2D eigenvalue weighted by Gasteiger charge is 2.27. The van der Waals surface area contributed by atoms with Crippen LogP contribution in [-0.2, 0) is 0 Å². The first-order chi connectivity index (χ1) is 9.56. The minimum atomic E-state index is -0.435. The molecule has 1 amide bonds. The Hall–Kier alpha value is -1.34. The van der Waals surface area contributed by atoms with Crippen molar-refractivity contribution in [3.63, 3.8) is 0 Å². The fourth-order valence-corrected chi connectivity index (χ4v) is 3.13. The Balaban J connectivity index is 2.31. The molecule has 0 radical (unpaired) electrons. The molecule has 1 aliphatic rings. The number of aliphatic hydroxyl groups is 1. The van der Waals surface area contributed by atoms with E-state index in [0.29, 0.717) is 29.4 Å². The molecule has 1 fully saturated rings. The molecule has 7 heteroatoms. The minimum absolute atomic E-state index is 0.0992. The summed E-state index contributed by atoms with van der Waals surface area (Å²) in [4.78, 5) is 32.2. The van der Waals surface area contributed by atoms with E-state index in [1.165, 1.54) is 11.8 Å². The summed E-state index contributed by atoms with van der Waals surface area (Å²) in [6.45, 7) is 3.05. The number of rotatable bonds is 3. The van der Waals surface area contributed by atoms with E-state index in [4.69, 9.17) is 0 Å². The highest BCUT2D eigenvalue weighted by atomic mass is 32.2. The number of aliphatic hydroxyl groups excluding tert-OH is 1. The van der Waals surface area contributed by atoms with Crippen molar-refractivity contribution in [2.24, 2.45) is 5.92 Å². The van der Waals surface area contributed by atoms with Gasteiger partial charge in [-0.05, 0) is 31.9 Å². The molecular weight excluding hydrogens is 278 g/mol. The molecule has 0 aliphatic carbocycles. The quantitative estimate of drug-likeness (QED) is 0.632. The monoisotopic (exact) mass is 297 g/mol. The fraction of sp³-hybridized carbons (Fsp3) is 0.615. The normalized spacial score (nSPS) is 19.1. The molecule has 0 bridgehead atoms. The zero-order valence-electron chi connectivity index (χ0n) is 11.7. The van der Waals surface area contributed by atoms with Crippen molar-refractivity contribution >= 4 is 17.7 Å². The molecule has 1 atom stereocenters. The first-order valence-corrected chi connectivity index (χ1v) is 7.84. The minimum Gasteiger partial charge on any atom is -0.396 e. The van der Waals surface area contributed by atoms with Gasteiger partial charge < -0.3 is 15.0 Å². The third-order valence-electron chi connectivity index (χ3n) is 3.56. The Labute approximate surface area is 121 Å². The Bertz CT molecular complexity index is 558. The lowest BCUT2D eigenvalue weighted by Crippen LogP contribution is -2.41. The average molecular weight is 297 g/mol. The van der Waals surface area contributed by atoms with Crippen LogP contribution in [0.25, 0.3) is 0 Å². The van der Waals surface area contributed by atoms with Crippen LogP contribution >= 0.6 is 11.8 Å². The van der Waals surface area contributed by atoms with Crippen LogP contribution < -0.4 is 5.69 Å². The maximum Gasteiger partial charge on any atom is 0.346 e. The topological polar surface area (TPSA) is 86.3 Å². The highest BCUT2D eigenvalue weighted by molar-refractivity contribution is 7.98. The highest BCUT2D eigenvalue weighted by Crippen LogP contribution is 2.23. The summed E-state index contributed by atoms with van der Waals surface area (Å²) in [5.74, 6) is 0.0233. The number of hydrogen-bond acceptors (Lipinski definition) is 5. The van der Waals surface area contributed by atoms with Gasteiger partial charge in [0.05, 0.1) is 5.56 Å². The molecule has 1 aromatic heterocycles. The van der Waals surface area contributed by atoms with Gasteiger partial charge in [0.2, 0.25) is 0 Å². The molecule has 1 aliphatic heterocycles. The van der Waals surface area contributed by atoms with Crippen LogP contribution in [0.2, 0.25) is 0 Å². The number of thioether (sulfide) groups is 1. The van der Waals surface area contributed by atoms with E-state index in [1.54, 1.807) is 18.1 Å². The van der Waals surface area contributed by atoms with E-state index >= 15 is 0 Å². The van der Waals surface area contributed by atoms with Crippen molar-refractivity contribution in [2.45, 2.75) is 24.8 Å². The number of amides is 1. The van der Waals surface area contributed by atoms with Gasteiger partial charge >= 0.3 is 5.69 Å². The first-order valence-electron chi connectivity index (χ1n) is 6.61. The van der Waals surface area contributed by atoms with E-state index in [1.807, 2.05) is 0 Å². The van der Waals surface area contributed by atoms with E-state index in [0.717, 1.165) is 12.8 Å². The largest absolute Gasteiger partial charge is 0.396 e. The molecule has 1 saturated heterocycles. The summed E-state index contributed by atoms with van der Waals surface area (Å²) in [6, 6.07) is 0. The van der Waals surface area contributed by atoms with Crippen LogP contribution in [0.3, 0.4) is 0 Å². The summed E-state index contributed by atoms with van der Waals surface area (Å²) in [5, 5.41) is 9.71. The molecule has 20 heavy (non-hydrogen) atoms. The number of H-pyrrole nitrogens is 1. The van der Waals surface area contributed by atoms with Gasteiger partial charge in [0, 0.05) is 25.4 Å². The average Bonchev–Trinajstić information content (AvgIpc) is 2.45. The fourth-order valence-electron chi connectivity index (χ4n) is 2.52. The van der Waals surface area contributed by atoms with Crippen LogP contribution in [0, 0.1) is 12.8 Å². The number of aromatic nitrogens is 2. The zero-order valence-corrected chi connectivity index (χ0v) is 12.5. The van der Waals surface area contributed by atoms with Crippen molar-refractivity contribution in [3.8, 4) is 0 Å². The van der Waals surface area contributed by atoms with Crippen molar-refractivity contribution < 1.29 is 9.90 Å². The van der Waals surface area contributed by atoms with Gasteiger partial charge in [0.1, 0.15) is 5.03 Å². The predicted octanol–water partition coefficient (Wildman–Crippen LogP) is 0.645. The number of aryl methyl sites for hydroxylation is 1. The van der Waals surface area contributed by atoms with E-state index in [9.17, 15) is 14.7 Å². The van der Waals surface area contributed by atoms with Gasteiger partial charge in [-0.15, -0.1) is 11.8 Å². The van der Waals surface area contributed by atoms with Crippen molar-refractivity contribution in [1.82, 2.24) is 14.9 Å². The van der Waals surface area contributed by atoms with Gasteiger partial charge in [0.25, 0.3) is 5.91 Å². The summed E-state index contributed by atoms with van der Waals surface area (Å²) >= 11 is 1.29. The number of nitrogens with one attached hydrogen (secondary N) is 1. The van der Waals surface area contributed by atoms with Crippen LogP contribution in [0.4, 0.5) is 0 Å². The summed E-state index contributed by atoms with van der Waals surface area (Å²) < 4.78 is 0. The van der Waals surface area contributed by atoms with Gasteiger partial charge in [-0.2, -0.15) is 4.98 Å². The summed E-state index contributed by atoms with van der Waals surface area (Å²) in [6.07, 6.45) is 3.63. The Morgan fingerprint density at radius 3 is 3.00 bits per heavy atom. The van der Waals surface area contributed by atoms with Gasteiger partial charge in [-0.3, -0.25) is 4.79 Å². The SMILES string of the molecule is CSc1nc(=O)[nH]c(C)c1C(=O)N1CCCC(CO)C1. The smallest absolute Gasteiger partial charge is 0.346 e. The van der Waals surface area contributed by atoms with Crippen LogP contribution in [-0.4, -0.2) is 51.8 Å². The Morgan fingerprint density at radius 1 is 1.60 bits per heavy atom. The van der Waals surface area contributed by atoms with Crippen molar-refractivity contribution in [1.29, 1.82) is 0 Å². The molecular formula is C13H19N3O3S. The molecule has 2 N–H and O–H groups in total. The van der Waals surface area contributed by atoms with E-state index < -0.39 is 5.69 Å².